The Labute approximate surface area is 137 Å². The van der Waals surface area contributed by atoms with Crippen molar-refractivity contribution in [2.75, 3.05) is 44.2 Å². The Morgan fingerprint density at radius 3 is 2.43 bits per heavy atom. The molecule has 0 N–H and O–H groups in total. The van der Waals surface area contributed by atoms with E-state index < -0.39 is 0 Å². The minimum absolute atomic E-state index is 0.174. The standard InChI is InChI=1S/C18H25FN2O2/c19-15-3-5-16(6-4-15)21-11-9-20(10-12-21)13-17-14-22-18(23-17)7-1-2-8-18/h3-6,17H,1-2,7-14H2/t17-/m0/s1. The maximum Gasteiger partial charge on any atom is 0.168 e. The molecule has 0 radical (unpaired) electrons. The van der Waals surface area contributed by atoms with E-state index in [2.05, 4.69) is 9.80 Å². The van der Waals surface area contributed by atoms with Gasteiger partial charge < -0.3 is 14.4 Å². The minimum Gasteiger partial charge on any atom is -0.369 e. The number of benzene rings is 1. The molecule has 1 saturated carbocycles. The van der Waals surface area contributed by atoms with Crippen LogP contribution in [0.1, 0.15) is 25.7 Å². The normalized spacial score (nSPS) is 27.9. The summed E-state index contributed by atoms with van der Waals surface area (Å²) in [6.07, 6.45) is 4.78. The van der Waals surface area contributed by atoms with Gasteiger partial charge in [-0.25, -0.2) is 4.39 Å². The molecule has 2 heterocycles. The zero-order valence-electron chi connectivity index (χ0n) is 13.5. The third-order valence-electron chi connectivity index (χ3n) is 5.30. The van der Waals surface area contributed by atoms with Gasteiger partial charge in [0.1, 0.15) is 5.82 Å². The number of ether oxygens (including phenoxy) is 2. The fourth-order valence-corrected chi connectivity index (χ4v) is 4.01. The molecule has 1 atom stereocenters. The van der Waals surface area contributed by atoms with Gasteiger partial charge in [-0.05, 0) is 37.1 Å². The SMILES string of the molecule is Fc1ccc(N2CCN(C[C@H]3COC4(CCCC4)O3)CC2)cc1. The molecule has 0 aromatic heterocycles. The molecule has 5 heteroatoms. The van der Waals surface area contributed by atoms with Gasteiger partial charge in [0.15, 0.2) is 5.79 Å². The molecule has 1 aromatic rings. The van der Waals surface area contributed by atoms with E-state index in [1.165, 1.54) is 25.0 Å². The van der Waals surface area contributed by atoms with Gasteiger partial charge in [0.2, 0.25) is 0 Å². The van der Waals surface area contributed by atoms with Gasteiger partial charge in [0, 0.05) is 51.3 Å². The fraction of sp³-hybridized carbons (Fsp3) is 0.667. The molecule has 4 rings (SSSR count). The molecule has 2 saturated heterocycles. The molecule has 0 bridgehead atoms. The van der Waals surface area contributed by atoms with Crippen LogP contribution in [-0.4, -0.2) is 56.1 Å². The smallest absolute Gasteiger partial charge is 0.168 e. The molecule has 0 amide bonds. The van der Waals surface area contributed by atoms with Crippen LogP contribution in [0.15, 0.2) is 24.3 Å². The van der Waals surface area contributed by atoms with Crippen LogP contribution in [0.25, 0.3) is 0 Å². The molecule has 3 fully saturated rings. The maximum atomic E-state index is 13.0. The van der Waals surface area contributed by atoms with E-state index in [1.54, 1.807) is 0 Å². The highest BCUT2D eigenvalue weighted by atomic mass is 19.1. The monoisotopic (exact) mass is 320 g/mol. The van der Waals surface area contributed by atoms with E-state index >= 15 is 0 Å². The summed E-state index contributed by atoms with van der Waals surface area (Å²) in [5, 5.41) is 0. The second kappa shape index (κ2) is 6.38. The second-order valence-corrected chi connectivity index (χ2v) is 6.93. The summed E-state index contributed by atoms with van der Waals surface area (Å²) in [6.45, 7) is 5.68. The van der Waals surface area contributed by atoms with Crippen molar-refractivity contribution in [3.05, 3.63) is 30.1 Å². The molecule has 1 aliphatic carbocycles. The molecular formula is C18H25FN2O2. The van der Waals surface area contributed by atoms with E-state index in [4.69, 9.17) is 9.47 Å². The zero-order valence-corrected chi connectivity index (χ0v) is 13.5. The Kier molecular flexibility index (Phi) is 4.26. The zero-order chi connectivity index (χ0) is 15.7. The highest BCUT2D eigenvalue weighted by Gasteiger charge is 2.44. The van der Waals surface area contributed by atoms with Crippen molar-refractivity contribution in [3.63, 3.8) is 0 Å². The van der Waals surface area contributed by atoms with Crippen LogP contribution < -0.4 is 4.90 Å². The first-order valence-electron chi connectivity index (χ1n) is 8.77. The molecule has 1 spiro atoms. The number of anilines is 1. The Morgan fingerprint density at radius 1 is 1.04 bits per heavy atom. The first kappa shape index (κ1) is 15.4. The van der Waals surface area contributed by atoms with E-state index in [1.807, 2.05) is 12.1 Å². The van der Waals surface area contributed by atoms with E-state index in [0.717, 1.165) is 57.9 Å². The molecule has 23 heavy (non-hydrogen) atoms. The van der Waals surface area contributed by atoms with Crippen molar-refractivity contribution in [1.82, 2.24) is 4.90 Å². The quantitative estimate of drug-likeness (QED) is 0.855. The van der Waals surface area contributed by atoms with Crippen molar-refractivity contribution in [3.8, 4) is 0 Å². The topological polar surface area (TPSA) is 24.9 Å². The lowest BCUT2D eigenvalue weighted by molar-refractivity contribution is -0.163. The first-order valence-corrected chi connectivity index (χ1v) is 8.77. The van der Waals surface area contributed by atoms with Crippen LogP contribution in [0.5, 0.6) is 0 Å². The fourth-order valence-electron chi connectivity index (χ4n) is 4.01. The van der Waals surface area contributed by atoms with Gasteiger partial charge in [0.25, 0.3) is 0 Å². The molecule has 3 aliphatic rings. The highest BCUT2D eigenvalue weighted by Crippen LogP contribution is 2.39. The van der Waals surface area contributed by atoms with E-state index in [-0.39, 0.29) is 17.7 Å². The number of halogens is 1. The van der Waals surface area contributed by atoms with Crippen molar-refractivity contribution in [1.29, 1.82) is 0 Å². The predicted molar refractivity (Wildman–Crippen MR) is 87.1 cm³/mol. The lowest BCUT2D eigenvalue weighted by Crippen LogP contribution is -2.49. The van der Waals surface area contributed by atoms with Crippen molar-refractivity contribution < 1.29 is 13.9 Å². The maximum absolute atomic E-state index is 13.0. The number of hydrogen-bond donors (Lipinski definition) is 0. The lowest BCUT2D eigenvalue weighted by Gasteiger charge is -2.37. The number of nitrogens with zero attached hydrogens (tertiary/aromatic N) is 2. The average molecular weight is 320 g/mol. The van der Waals surface area contributed by atoms with Crippen molar-refractivity contribution in [2.24, 2.45) is 0 Å². The van der Waals surface area contributed by atoms with Crippen LogP contribution >= 0.6 is 0 Å². The van der Waals surface area contributed by atoms with Gasteiger partial charge >= 0.3 is 0 Å². The van der Waals surface area contributed by atoms with E-state index in [0.29, 0.717) is 0 Å². The highest BCUT2D eigenvalue weighted by molar-refractivity contribution is 5.46. The predicted octanol–water partition coefficient (Wildman–Crippen LogP) is 2.63. The molecule has 4 nitrogen and oxygen atoms in total. The Morgan fingerprint density at radius 2 is 1.74 bits per heavy atom. The third kappa shape index (κ3) is 3.37. The van der Waals surface area contributed by atoms with Gasteiger partial charge in [-0.3, -0.25) is 4.90 Å². The van der Waals surface area contributed by atoms with Gasteiger partial charge in [0.05, 0.1) is 12.7 Å². The van der Waals surface area contributed by atoms with Gasteiger partial charge in [-0.15, -0.1) is 0 Å². The Bertz CT molecular complexity index is 522. The molecular weight excluding hydrogens is 295 g/mol. The summed E-state index contributed by atoms with van der Waals surface area (Å²) >= 11 is 0. The summed E-state index contributed by atoms with van der Waals surface area (Å²) < 4.78 is 25.2. The molecule has 1 aromatic carbocycles. The molecule has 2 aliphatic heterocycles. The van der Waals surface area contributed by atoms with Gasteiger partial charge in [-0.2, -0.15) is 0 Å². The number of rotatable bonds is 3. The Hall–Kier alpha value is -1.17. The van der Waals surface area contributed by atoms with E-state index in [9.17, 15) is 4.39 Å². The van der Waals surface area contributed by atoms with Crippen LogP contribution in [-0.2, 0) is 9.47 Å². The van der Waals surface area contributed by atoms with Crippen LogP contribution in [0.4, 0.5) is 10.1 Å². The van der Waals surface area contributed by atoms with Gasteiger partial charge in [-0.1, -0.05) is 0 Å². The summed E-state index contributed by atoms with van der Waals surface area (Å²) in [5.41, 5.74) is 1.11. The summed E-state index contributed by atoms with van der Waals surface area (Å²) in [4.78, 5) is 4.78. The largest absolute Gasteiger partial charge is 0.369 e. The first-order chi connectivity index (χ1) is 11.2. The summed E-state index contributed by atoms with van der Waals surface area (Å²) in [7, 11) is 0. The lowest BCUT2D eigenvalue weighted by atomic mass is 10.2. The average Bonchev–Trinajstić information content (AvgIpc) is 3.19. The van der Waals surface area contributed by atoms with Crippen LogP contribution in [0.3, 0.4) is 0 Å². The summed E-state index contributed by atoms with van der Waals surface area (Å²) in [5.74, 6) is -0.424. The Balaban J connectivity index is 1.26. The van der Waals surface area contributed by atoms with Crippen molar-refractivity contribution in [2.45, 2.75) is 37.6 Å². The molecule has 0 unspecified atom stereocenters. The number of hydrogen-bond acceptors (Lipinski definition) is 4. The van der Waals surface area contributed by atoms with Crippen molar-refractivity contribution >= 4 is 5.69 Å². The second-order valence-electron chi connectivity index (χ2n) is 6.93. The molecule has 126 valence electrons. The van der Waals surface area contributed by atoms with Crippen LogP contribution in [0, 0.1) is 5.82 Å². The van der Waals surface area contributed by atoms with Crippen LogP contribution in [0.2, 0.25) is 0 Å². The number of piperazine rings is 1. The third-order valence-corrected chi connectivity index (χ3v) is 5.30. The summed E-state index contributed by atoms with van der Waals surface area (Å²) in [6, 6.07) is 6.80. The minimum atomic E-state index is -0.249.